The van der Waals surface area contributed by atoms with Crippen LogP contribution in [0.2, 0.25) is 0 Å². The van der Waals surface area contributed by atoms with Gasteiger partial charge < -0.3 is 0 Å². The first-order valence-corrected chi connectivity index (χ1v) is 3.29. The van der Waals surface area contributed by atoms with Gasteiger partial charge in [-0.25, -0.2) is 0 Å². The maximum absolute atomic E-state index is 11.5. The van der Waals surface area contributed by atoms with Gasteiger partial charge in [-0.2, -0.15) is 0 Å². The van der Waals surface area contributed by atoms with Gasteiger partial charge in [0.2, 0.25) is 0 Å². The Morgan fingerprint density at radius 2 is 2.12 bits per heavy atom. The quantitative estimate of drug-likeness (QED) is 0.489. The summed E-state index contributed by atoms with van der Waals surface area (Å²) < 4.78 is 18.8. The number of hydrogen-bond donors (Lipinski definition) is 0. The number of hydrogen-bond acceptors (Lipinski definition) is 0. The fourth-order valence-corrected chi connectivity index (χ4v) is 0.587. The van der Waals surface area contributed by atoms with E-state index in [9.17, 15) is 4.39 Å². The van der Waals surface area contributed by atoms with Crippen LogP contribution in [0.15, 0.2) is 0 Å². The molecular weight excluding hydrogens is 103 g/mol. The molecule has 1 atom stereocenters. The second kappa shape index (κ2) is 6.93. The highest BCUT2D eigenvalue weighted by atomic mass is 19.1. The highest BCUT2D eigenvalue weighted by molar-refractivity contribution is 4.39. The molecule has 0 saturated carbocycles. The minimum absolute atomic E-state index is 0.0385. The van der Waals surface area contributed by atoms with Gasteiger partial charge in [0.05, 0.1) is 6.67 Å². The molecule has 0 spiro atoms. The average Bonchev–Trinajstić information content (AvgIpc) is 1.89. The molecule has 0 aromatic rings. The normalized spacial score (nSPS) is 15.5. The molecule has 0 amide bonds. The molecule has 0 aliphatic rings. The lowest BCUT2D eigenvalue weighted by Crippen LogP contribution is -1.77. The third-order valence-corrected chi connectivity index (χ3v) is 1.08. The van der Waals surface area contributed by atoms with Crippen molar-refractivity contribution in [3.05, 3.63) is 0 Å². The second-order valence-electron chi connectivity index (χ2n) is 1.88. The van der Waals surface area contributed by atoms with Crippen LogP contribution >= 0.6 is 0 Å². The fraction of sp³-hybridized carbons (Fsp3) is 1.00. The molecule has 0 N–H and O–H groups in total. The van der Waals surface area contributed by atoms with Gasteiger partial charge in [-0.15, -0.1) is 0 Å². The molecule has 0 rings (SSSR count). The Balaban J connectivity index is 2.88. The predicted molar refractivity (Wildman–Crippen MR) is 34.7 cm³/mol. The van der Waals surface area contributed by atoms with Crippen LogP contribution in [-0.4, -0.2) is 6.67 Å². The topological polar surface area (TPSA) is 0 Å². The molecule has 0 heterocycles. The molecule has 0 aromatic heterocycles. The molecule has 50 valence electrons. The highest BCUT2D eigenvalue weighted by Gasteiger charge is 1.84. The van der Waals surface area contributed by atoms with Crippen molar-refractivity contribution in [3.63, 3.8) is 0 Å². The van der Waals surface area contributed by atoms with Crippen molar-refractivity contribution in [2.24, 2.45) is 0 Å². The molecule has 0 saturated heterocycles. The summed E-state index contributed by atoms with van der Waals surface area (Å²) in [5.41, 5.74) is 0. The summed E-state index contributed by atoms with van der Waals surface area (Å²) in [6.07, 6.45) is 3.30. The molecule has 1 unspecified atom stereocenters. The summed E-state index contributed by atoms with van der Waals surface area (Å²) in [5, 5.41) is 0. The van der Waals surface area contributed by atoms with E-state index in [2.05, 4.69) is 0 Å². The fourth-order valence-electron chi connectivity index (χ4n) is 0.587. The number of unbranched alkanes of at least 4 members (excludes halogenated alkanes) is 1. The van der Waals surface area contributed by atoms with Crippen LogP contribution in [0.3, 0.4) is 0 Å². The molecule has 0 radical (unpaired) electrons. The van der Waals surface area contributed by atoms with Crippen molar-refractivity contribution in [1.82, 2.24) is 0 Å². The van der Waals surface area contributed by atoms with E-state index in [1.165, 1.54) is 0 Å². The Morgan fingerprint density at radius 3 is 2.62 bits per heavy atom. The molecule has 0 aromatic carbocycles. The van der Waals surface area contributed by atoms with Crippen LogP contribution in [0, 0.1) is 0 Å². The zero-order chi connectivity index (χ0) is 7.11. The van der Waals surface area contributed by atoms with Crippen molar-refractivity contribution < 1.29 is 5.76 Å². The predicted octanol–water partition coefficient (Wildman–Crippen LogP) is 2.93. The Morgan fingerprint density at radius 1 is 1.38 bits per heavy atom. The molecule has 0 aliphatic carbocycles. The van der Waals surface area contributed by atoms with Crippen LogP contribution in [0.5, 0.6) is 0 Å². The summed E-state index contributed by atoms with van der Waals surface area (Å²) in [6, 6.07) is 0. The number of alkyl halides is 1. The standard InChI is InChI=1S/C7H15F/c1-2-3-4-5-6-7-8/h2-7H2,1H3/i3T. The Kier molecular flexibility index (Phi) is 5.25. The number of halogens is 1. The minimum atomic E-state index is -0.226. The van der Waals surface area contributed by atoms with Gasteiger partial charge in [-0.3, -0.25) is 4.39 Å². The van der Waals surface area contributed by atoms with Crippen LogP contribution in [0.4, 0.5) is 4.39 Å². The molecule has 0 bridgehead atoms. The highest BCUT2D eigenvalue weighted by Crippen LogP contribution is 2.01. The van der Waals surface area contributed by atoms with Gasteiger partial charge in [0.1, 0.15) is 0 Å². The lowest BCUT2D eigenvalue weighted by atomic mass is 10.2. The van der Waals surface area contributed by atoms with Crippen LogP contribution in [0.25, 0.3) is 0 Å². The minimum Gasteiger partial charge on any atom is -0.251 e. The molecule has 0 nitrogen and oxygen atoms in total. The average molecular weight is 120 g/mol. The number of rotatable bonds is 5. The molecule has 8 heavy (non-hydrogen) atoms. The zero-order valence-electron chi connectivity index (χ0n) is 6.49. The summed E-state index contributed by atoms with van der Waals surface area (Å²) >= 11 is 0. The first-order chi connectivity index (χ1) is 4.31. The maximum atomic E-state index is 11.5. The van der Waals surface area contributed by atoms with Gasteiger partial charge >= 0.3 is 0 Å². The molecule has 1 heteroatoms. The zero-order valence-corrected chi connectivity index (χ0v) is 5.49. The summed E-state index contributed by atoms with van der Waals surface area (Å²) in [6.45, 7) is 1.77. The SMILES string of the molecule is [3H]C(CC)CCCCF. The van der Waals surface area contributed by atoms with Crippen molar-refractivity contribution in [2.45, 2.75) is 39.0 Å². The van der Waals surface area contributed by atoms with Gasteiger partial charge in [0.15, 0.2) is 0 Å². The molecule has 0 aliphatic heterocycles. The Hall–Kier alpha value is -0.0700. The first kappa shape index (κ1) is 6.06. The summed E-state index contributed by atoms with van der Waals surface area (Å²) in [4.78, 5) is 0. The Labute approximate surface area is 52.5 Å². The maximum Gasteiger partial charge on any atom is 0.0894 e. The van der Waals surface area contributed by atoms with Crippen molar-refractivity contribution in [1.29, 1.82) is 0 Å². The first-order valence-electron chi connectivity index (χ1n) is 3.87. The third kappa shape index (κ3) is 5.93. The molecule has 0 fully saturated rings. The van der Waals surface area contributed by atoms with E-state index in [-0.39, 0.29) is 13.1 Å². The van der Waals surface area contributed by atoms with E-state index in [4.69, 9.17) is 1.37 Å². The third-order valence-electron chi connectivity index (χ3n) is 1.08. The van der Waals surface area contributed by atoms with Crippen LogP contribution < -0.4 is 0 Å². The van der Waals surface area contributed by atoms with E-state index in [0.29, 0.717) is 6.42 Å². The van der Waals surface area contributed by atoms with Gasteiger partial charge in [-0.1, -0.05) is 32.6 Å². The van der Waals surface area contributed by atoms with Crippen LogP contribution in [-0.2, 0) is 0 Å². The lowest BCUT2D eigenvalue weighted by molar-refractivity contribution is 0.452. The van der Waals surface area contributed by atoms with E-state index < -0.39 is 0 Å². The summed E-state index contributed by atoms with van der Waals surface area (Å²) in [5.74, 6) is 0. The van der Waals surface area contributed by atoms with E-state index in [1.54, 1.807) is 0 Å². The largest absolute Gasteiger partial charge is 0.251 e. The van der Waals surface area contributed by atoms with Gasteiger partial charge in [0, 0.05) is 1.37 Å². The van der Waals surface area contributed by atoms with E-state index in [1.807, 2.05) is 6.92 Å². The van der Waals surface area contributed by atoms with Crippen LogP contribution in [0.1, 0.15) is 40.4 Å². The van der Waals surface area contributed by atoms with E-state index in [0.717, 1.165) is 19.3 Å². The van der Waals surface area contributed by atoms with Crippen molar-refractivity contribution in [2.75, 3.05) is 6.67 Å². The summed E-state index contributed by atoms with van der Waals surface area (Å²) in [7, 11) is 0. The lowest BCUT2D eigenvalue weighted by Gasteiger charge is -1.92. The molecular formula is C7H15F. The monoisotopic (exact) mass is 120 g/mol. The van der Waals surface area contributed by atoms with Gasteiger partial charge in [-0.05, 0) is 6.42 Å². The van der Waals surface area contributed by atoms with E-state index >= 15 is 0 Å². The van der Waals surface area contributed by atoms with Gasteiger partial charge in [0.25, 0.3) is 0 Å². The Bertz CT molecular complexity index is 56.9. The smallest absolute Gasteiger partial charge is 0.0894 e. The van der Waals surface area contributed by atoms with Crippen molar-refractivity contribution in [3.8, 4) is 0 Å². The van der Waals surface area contributed by atoms with Crippen molar-refractivity contribution >= 4 is 0 Å². The second-order valence-corrected chi connectivity index (χ2v) is 1.88.